The van der Waals surface area contributed by atoms with Crippen LogP contribution in [0.25, 0.3) is 0 Å². The van der Waals surface area contributed by atoms with Crippen molar-refractivity contribution < 1.29 is 19.5 Å². The molecule has 0 aromatic rings. The molecule has 1 aliphatic rings. The second kappa shape index (κ2) is 6.37. The number of carboxylic acids is 1. The molecule has 0 saturated carbocycles. The quantitative estimate of drug-likeness (QED) is 0.746. The smallest absolute Gasteiger partial charge is 0.308 e. The van der Waals surface area contributed by atoms with E-state index < -0.39 is 11.9 Å². The molecule has 1 rings (SSSR count). The van der Waals surface area contributed by atoms with Crippen LogP contribution in [0.15, 0.2) is 0 Å². The van der Waals surface area contributed by atoms with E-state index in [0.29, 0.717) is 25.9 Å². The molecule has 18 heavy (non-hydrogen) atoms. The summed E-state index contributed by atoms with van der Waals surface area (Å²) < 4.78 is 0. The van der Waals surface area contributed by atoms with Crippen LogP contribution in [0.2, 0.25) is 0 Å². The molecule has 1 atom stereocenters. The Balaban J connectivity index is 2.32. The van der Waals surface area contributed by atoms with E-state index in [1.54, 1.807) is 11.8 Å². The fourth-order valence-electron chi connectivity index (χ4n) is 1.94. The highest BCUT2D eigenvalue weighted by Crippen LogP contribution is 2.17. The number of nitrogens with zero attached hydrogens (tertiary/aromatic N) is 1. The van der Waals surface area contributed by atoms with Crippen LogP contribution in [0, 0.1) is 11.8 Å². The third-order valence-corrected chi connectivity index (χ3v) is 3.32. The zero-order valence-corrected chi connectivity index (χ0v) is 10.8. The van der Waals surface area contributed by atoms with Crippen LogP contribution in [0.5, 0.6) is 0 Å². The van der Waals surface area contributed by atoms with Gasteiger partial charge < -0.3 is 15.3 Å². The van der Waals surface area contributed by atoms with Crippen molar-refractivity contribution >= 4 is 17.8 Å². The van der Waals surface area contributed by atoms with Crippen molar-refractivity contribution in [3.8, 4) is 0 Å². The third kappa shape index (κ3) is 4.01. The van der Waals surface area contributed by atoms with E-state index in [-0.39, 0.29) is 24.3 Å². The molecule has 0 aromatic carbocycles. The normalized spacial score (nSPS) is 18.2. The van der Waals surface area contributed by atoms with Crippen LogP contribution < -0.4 is 5.32 Å². The standard InChI is InChI=1S/C12H20N2O4/c1-8(12(17)18)7-13-11(16)10-3-5-14(6-4-10)9(2)15/h8,10H,3-7H2,1-2H3,(H,13,16)(H,17,18). The zero-order valence-electron chi connectivity index (χ0n) is 10.8. The van der Waals surface area contributed by atoms with Crippen molar-refractivity contribution in [1.82, 2.24) is 10.2 Å². The fourth-order valence-corrected chi connectivity index (χ4v) is 1.94. The second-order valence-electron chi connectivity index (χ2n) is 4.76. The van der Waals surface area contributed by atoms with Crippen molar-refractivity contribution in [3.63, 3.8) is 0 Å². The lowest BCUT2D eigenvalue weighted by molar-refractivity contribution is -0.141. The summed E-state index contributed by atoms with van der Waals surface area (Å²) in [5, 5.41) is 11.4. The van der Waals surface area contributed by atoms with Crippen molar-refractivity contribution in [1.29, 1.82) is 0 Å². The summed E-state index contributed by atoms with van der Waals surface area (Å²) in [6.07, 6.45) is 1.29. The van der Waals surface area contributed by atoms with Crippen LogP contribution in [0.3, 0.4) is 0 Å². The molecular formula is C12H20N2O4. The molecule has 6 heteroatoms. The molecule has 0 spiro atoms. The summed E-state index contributed by atoms with van der Waals surface area (Å²) in [5.74, 6) is -1.67. The largest absolute Gasteiger partial charge is 0.481 e. The van der Waals surface area contributed by atoms with Crippen LogP contribution in [0.4, 0.5) is 0 Å². The Hall–Kier alpha value is -1.59. The molecule has 1 heterocycles. The van der Waals surface area contributed by atoms with Crippen molar-refractivity contribution in [2.75, 3.05) is 19.6 Å². The molecule has 1 saturated heterocycles. The minimum Gasteiger partial charge on any atom is -0.481 e. The number of carbonyl (C=O) groups excluding carboxylic acids is 2. The van der Waals surface area contributed by atoms with Crippen molar-refractivity contribution in [3.05, 3.63) is 0 Å². The Labute approximate surface area is 106 Å². The van der Waals surface area contributed by atoms with Gasteiger partial charge in [-0.3, -0.25) is 14.4 Å². The van der Waals surface area contributed by atoms with Gasteiger partial charge in [0.15, 0.2) is 0 Å². The molecule has 0 aromatic heterocycles. The first-order valence-corrected chi connectivity index (χ1v) is 6.18. The average molecular weight is 256 g/mol. The summed E-state index contributed by atoms with van der Waals surface area (Å²) in [6, 6.07) is 0. The molecule has 0 aliphatic carbocycles. The van der Waals surface area contributed by atoms with Crippen molar-refractivity contribution in [2.45, 2.75) is 26.7 Å². The number of nitrogens with one attached hydrogen (secondary N) is 1. The number of rotatable bonds is 4. The van der Waals surface area contributed by atoms with Gasteiger partial charge in [-0.25, -0.2) is 0 Å². The highest BCUT2D eigenvalue weighted by molar-refractivity contribution is 5.80. The van der Waals surface area contributed by atoms with Gasteiger partial charge in [-0.05, 0) is 12.8 Å². The van der Waals surface area contributed by atoms with E-state index in [1.807, 2.05) is 0 Å². The molecule has 0 bridgehead atoms. The van der Waals surface area contributed by atoms with E-state index in [9.17, 15) is 14.4 Å². The lowest BCUT2D eigenvalue weighted by atomic mass is 9.95. The molecule has 1 fully saturated rings. The second-order valence-corrected chi connectivity index (χ2v) is 4.76. The van der Waals surface area contributed by atoms with E-state index >= 15 is 0 Å². The van der Waals surface area contributed by atoms with E-state index in [1.165, 1.54) is 6.92 Å². The topological polar surface area (TPSA) is 86.7 Å². The number of amides is 2. The van der Waals surface area contributed by atoms with Crippen LogP contribution in [-0.2, 0) is 14.4 Å². The fraction of sp³-hybridized carbons (Fsp3) is 0.750. The van der Waals surface area contributed by atoms with Gasteiger partial charge in [0.1, 0.15) is 0 Å². The number of carbonyl (C=O) groups is 3. The van der Waals surface area contributed by atoms with Crippen LogP contribution >= 0.6 is 0 Å². The van der Waals surface area contributed by atoms with Gasteiger partial charge in [-0.2, -0.15) is 0 Å². The number of aliphatic carboxylic acids is 1. The van der Waals surface area contributed by atoms with Gasteiger partial charge in [0.25, 0.3) is 0 Å². The van der Waals surface area contributed by atoms with Gasteiger partial charge in [-0.1, -0.05) is 6.92 Å². The highest BCUT2D eigenvalue weighted by atomic mass is 16.4. The minimum absolute atomic E-state index is 0.0355. The lowest BCUT2D eigenvalue weighted by Gasteiger charge is -2.30. The van der Waals surface area contributed by atoms with Gasteiger partial charge in [0.2, 0.25) is 11.8 Å². The Morgan fingerprint density at radius 2 is 1.89 bits per heavy atom. The first-order valence-electron chi connectivity index (χ1n) is 6.18. The van der Waals surface area contributed by atoms with E-state index in [4.69, 9.17) is 5.11 Å². The maximum atomic E-state index is 11.8. The molecule has 102 valence electrons. The number of piperidine rings is 1. The molecule has 6 nitrogen and oxygen atoms in total. The minimum atomic E-state index is -0.915. The Morgan fingerprint density at radius 3 is 2.33 bits per heavy atom. The Bertz CT molecular complexity index is 335. The molecule has 0 radical (unpaired) electrons. The zero-order chi connectivity index (χ0) is 13.7. The van der Waals surface area contributed by atoms with Gasteiger partial charge >= 0.3 is 5.97 Å². The molecule has 2 N–H and O–H groups in total. The first-order chi connectivity index (χ1) is 8.41. The van der Waals surface area contributed by atoms with Gasteiger partial charge in [0.05, 0.1) is 5.92 Å². The van der Waals surface area contributed by atoms with E-state index in [0.717, 1.165) is 0 Å². The summed E-state index contributed by atoms with van der Waals surface area (Å²) in [5.41, 5.74) is 0. The third-order valence-electron chi connectivity index (χ3n) is 3.32. The highest BCUT2D eigenvalue weighted by Gasteiger charge is 2.26. The summed E-state index contributed by atoms with van der Waals surface area (Å²) in [4.78, 5) is 35.3. The number of likely N-dealkylation sites (tertiary alicyclic amines) is 1. The SMILES string of the molecule is CC(=O)N1CCC(C(=O)NCC(C)C(=O)O)CC1. The average Bonchev–Trinajstić information content (AvgIpc) is 2.35. The van der Waals surface area contributed by atoms with E-state index in [2.05, 4.69) is 5.32 Å². The summed E-state index contributed by atoms with van der Waals surface area (Å²) >= 11 is 0. The lowest BCUT2D eigenvalue weighted by Crippen LogP contribution is -2.43. The molecule has 1 aliphatic heterocycles. The van der Waals surface area contributed by atoms with Crippen molar-refractivity contribution in [2.24, 2.45) is 11.8 Å². The number of hydrogen-bond donors (Lipinski definition) is 2. The maximum Gasteiger partial charge on any atom is 0.308 e. The Morgan fingerprint density at radius 1 is 1.33 bits per heavy atom. The van der Waals surface area contributed by atoms with Gasteiger partial charge in [-0.15, -0.1) is 0 Å². The van der Waals surface area contributed by atoms with Crippen LogP contribution in [0.1, 0.15) is 26.7 Å². The monoisotopic (exact) mass is 256 g/mol. The number of hydrogen-bond acceptors (Lipinski definition) is 3. The molecule has 2 amide bonds. The predicted molar refractivity (Wildman–Crippen MR) is 64.8 cm³/mol. The first kappa shape index (κ1) is 14.5. The molecular weight excluding hydrogens is 236 g/mol. The number of carboxylic acid groups (broad SMARTS) is 1. The van der Waals surface area contributed by atoms with Gasteiger partial charge in [0, 0.05) is 32.5 Å². The Kier molecular flexibility index (Phi) is 5.12. The summed E-state index contributed by atoms with van der Waals surface area (Å²) in [7, 11) is 0. The maximum absolute atomic E-state index is 11.8. The van der Waals surface area contributed by atoms with Crippen LogP contribution in [-0.4, -0.2) is 47.4 Å². The molecule has 1 unspecified atom stereocenters. The summed E-state index contributed by atoms with van der Waals surface area (Å²) in [6.45, 7) is 4.43. The predicted octanol–water partition coefficient (Wildman–Crippen LogP) is 0.0818.